The molecule has 4 heteroatoms. The second kappa shape index (κ2) is 7.09. The molecule has 0 fully saturated rings. The van der Waals surface area contributed by atoms with E-state index in [1.807, 2.05) is 30.5 Å². The Bertz CT molecular complexity index is 623. The Morgan fingerprint density at radius 2 is 1.58 bits per heavy atom. The zero-order chi connectivity index (χ0) is 14.3. The van der Waals surface area contributed by atoms with E-state index in [1.54, 1.807) is 16.7 Å². The van der Waals surface area contributed by atoms with Crippen LogP contribution in [0.15, 0.2) is 53.5 Å². The van der Waals surface area contributed by atoms with Gasteiger partial charge in [0.2, 0.25) is 0 Å². The molecule has 1 aromatic carbocycles. The van der Waals surface area contributed by atoms with E-state index in [9.17, 15) is 4.79 Å². The summed E-state index contributed by atoms with van der Waals surface area (Å²) < 4.78 is 1.69. The van der Waals surface area contributed by atoms with E-state index in [0.29, 0.717) is 5.92 Å². The second-order valence-corrected chi connectivity index (χ2v) is 4.21. The molecule has 19 heavy (non-hydrogen) atoms. The monoisotopic (exact) mass is 257 g/mol. The van der Waals surface area contributed by atoms with Gasteiger partial charge in [0.05, 0.1) is 5.69 Å². The Morgan fingerprint density at radius 3 is 2.16 bits per heavy atom. The summed E-state index contributed by atoms with van der Waals surface area (Å²) in [6.07, 6.45) is 2.06. The van der Waals surface area contributed by atoms with Gasteiger partial charge in [0.15, 0.2) is 0 Å². The summed E-state index contributed by atoms with van der Waals surface area (Å²) in [6, 6.07) is 13.2. The maximum Gasteiger partial charge on any atom is 0.373 e. The van der Waals surface area contributed by atoms with Gasteiger partial charge in [-0.05, 0) is 23.6 Å². The smallest absolute Gasteiger partial charge is 0.284 e. The van der Waals surface area contributed by atoms with Crippen LogP contribution in [0, 0.1) is 0 Å². The third kappa shape index (κ3) is 3.76. The number of para-hydroxylation sites is 1. The molecule has 0 aliphatic carbocycles. The van der Waals surface area contributed by atoms with Crippen LogP contribution in [0.2, 0.25) is 0 Å². The Hall–Kier alpha value is -2.45. The molecule has 0 saturated heterocycles. The Kier molecular flexibility index (Phi) is 5.45. The number of nitrogens with zero attached hydrogens (tertiary/aromatic N) is 1. The molecule has 0 unspecified atom stereocenters. The molecule has 98 valence electrons. The Balaban J connectivity index is 0.000000550. The first-order chi connectivity index (χ1) is 9.11. The highest BCUT2D eigenvalue weighted by molar-refractivity contribution is 5.42. The van der Waals surface area contributed by atoms with Crippen LogP contribution in [0.3, 0.4) is 0 Å². The van der Waals surface area contributed by atoms with E-state index < -0.39 is 0 Å². The number of pyridine rings is 1. The van der Waals surface area contributed by atoms with Gasteiger partial charge in [-0.1, -0.05) is 38.1 Å². The molecule has 1 aromatic heterocycles. The number of aromatic nitrogens is 1. The normalized spacial score (nSPS) is 9.42. The fourth-order valence-corrected chi connectivity index (χ4v) is 1.82. The molecule has 4 nitrogen and oxygen atoms in total. The minimum atomic E-state index is 0.00981. The number of benzene rings is 1. The van der Waals surface area contributed by atoms with Crippen molar-refractivity contribution in [2.75, 3.05) is 0 Å². The molecule has 0 amide bonds. The standard InChI is InChI=1S/C14H15NO.CO2/c1-11(2)12-7-3-4-8-13(12)15-10-6-5-9-14(15)16;2-1-3/h3-11H,1-2H3;. The van der Waals surface area contributed by atoms with Crippen molar-refractivity contribution in [3.63, 3.8) is 0 Å². The average molecular weight is 257 g/mol. The number of carbonyl (C=O) groups excluding carboxylic acids is 2. The fourth-order valence-electron chi connectivity index (χ4n) is 1.82. The Labute approximate surface area is 111 Å². The van der Waals surface area contributed by atoms with E-state index in [4.69, 9.17) is 9.59 Å². The highest BCUT2D eigenvalue weighted by Crippen LogP contribution is 2.21. The van der Waals surface area contributed by atoms with E-state index in [-0.39, 0.29) is 11.7 Å². The molecule has 0 N–H and O–H groups in total. The second-order valence-electron chi connectivity index (χ2n) is 4.21. The summed E-state index contributed by atoms with van der Waals surface area (Å²) in [5.74, 6) is 0.406. The number of rotatable bonds is 2. The third-order valence-corrected chi connectivity index (χ3v) is 2.64. The van der Waals surface area contributed by atoms with Gasteiger partial charge in [-0.15, -0.1) is 0 Å². The van der Waals surface area contributed by atoms with Crippen molar-refractivity contribution in [3.05, 3.63) is 64.6 Å². The molecule has 1 heterocycles. The van der Waals surface area contributed by atoms with Gasteiger partial charge < -0.3 is 0 Å². The first-order valence-electron chi connectivity index (χ1n) is 5.88. The molecule has 2 rings (SSSR count). The molecule has 0 aliphatic heterocycles. The van der Waals surface area contributed by atoms with E-state index in [2.05, 4.69) is 19.9 Å². The number of hydrogen-bond donors (Lipinski definition) is 0. The van der Waals surface area contributed by atoms with Gasteiger partial charge in [0.25, 0.3) is 5.56 Å². The maximum atomic E-state index is 11.8. The van der Waals surface area contributed by atoms with Crippen LogP contribution >= 0.6 is 0 Å². The van der Waals surface area contributed by atoms with Crippen molar-refractivity contribution < 1.29 is 9.59 Å². The van der Waals surface area contributed by atoms with Crippen LogP contribution in [0.1, 0.15) is 25.3 Å². The molecule has 0 radical (unpaired) electrons. The summed E-state index contributed by atoms with van der Waals surface area (Å²) in [5.41, 5.74) is 2.18. The molecular formula is C15H15NO3. The zero-order valence-corrected chi connectivity index (χ0v) is 10.9. The summed E-state index contributed by atoms with van der Waals surface area (Å²) in [4.78, 5) is 28.0. The van der Waals surface area contributed by atoms with Gasteiger partial charge in [-0.25, -0.2) is 0 Å². The molecule has 0 bridgehead atoms. The third-order valence-electron chi connectivity index (χ3n) is 2.64. The lowest BCUT2D eigenvalue weighted by Gasteiger charge is -2.13. The topological polar surface area (TPSA) is 56.1 Å². The molecule has 0 atom stereocenters. The first kappa shape index (κ1) is 14.6. The summed E-state index contributed by atoms with van der Waals surface area (Å²) >= 11 is 0. The molecule has 0 spiro atoms. The van der Waals surface area contributed by atoms with E-state index in [1.165, 1.54) is 5.56 Å². The van der Waals surface area contributed by atoms with Crippen LogP contribution in [0.25, 0.3) is 5.69 Å². The van der Waals surface area contributed by atoms with Crippen LogP contribution in [0.4, 0.5) is 0 Å². The van der Waals surface area contributed by atoms with Gasteiger partial charge >= 0.3 is 6.15 Å². The van der Waals surface area contributed by atoms with Crippen molar-refractivity contribution in [3.8, 4) is 5.69 Å². The van der Waals surface area contributed by atoms with E-state index in [0.717, 1.165) is 5.69 Å². The zero-order valence-electron chi connectivity index (χ0n) is 10.9. The van der Waals surface area contributed by atoms with Crippen LogP contribution in [-0.2, 0) is 9.59 Å². The fraction of sp³-hybridized carbons (Fsp3) is 0.200. The molecule has 2 aromatic rings. The first-order valence-corrected chi connectivity index (χ1v) is 5.88. The van der Waals surface area contributed by atoms with Gasteiger partial charge in [0.1, 0.15) is 0 Å². The average Bonchev–Trinajstić information content (AvgIpc) is 2.40. The molecule has 0 saturated carbocycles. The van der Waals surface area contributed by atoms with Gasteiger partial charge in [-0.2, -0.15) is 9.59 Å². The van der Waals surface area contributed by atoms with Crippen molar-refractivity contribution in [1.82, 2.24) is 4.57 Å². The van der Waals surface area contributed by atoms with Gasteiger partial charge in [0, 0.05) is 12.3 Å². The summed E-state index contributed by atoms with van der Waals surface area (Å²) in [7, 11) is 0. The van der Waals surface area contributed by atoms with Crippen molar-refractivity contribution in [2.45, 2.75) is 19.8 Å². The summed E-state index contributed by atoms with van der Waals surface area (Å²) in [6.45, 7) is 4.26. The van der Waals surface area contributed by atoms with E-state index >= 15 is 0 Å². The minimum Gasteiger partial charge on any atom is -0.284 e. The van der Waals surface area contributed by atoms with Crippen LogP contribution < -0.4 is 5.56 Å². The van der Waals surface area contributed by atoms with Gasteiger partial charge in [-0.3, -0.25) is 9.36 Å². The van der Waals surface area contributed by atoms with Crippen LogP contribution in [-0.4, -0.2) is 10.7 Å². The van der Waals surface area contributed by atoms with Crippen molar-refractivity contribution >= 4 is 6.15 Å². The summed E-state index contributed by atoms with van der Waals surface area (Å²) in [5, 5.41) is 0. The van der Waals surface area contributed by atoms with Crippen LogP contribution in [0.5, 0.6) is 0 Å². The molecule has 0 aliphatic rings. The largest absolute Gasteiger partial charge is 0.373 e. The minimum absolute atomic E-state index is 0.00981. The van der Waals surface area contributed by atoms with Crippen molar-refractivity contribution in [1.29, 1.82) is 0 Å². The maximum absolute atomic E-state index is 11.8. The Morgan fingerprint density at radius 1 is 1.00 bits per heavy atom. The number of hydrogen-bond acceptors (Lipinski definition) is 3. The quantitative estimate of drug-likeness (QED) is 0.830. The lowest BCUT2D eigenvalue weighted by Crippen LogP contribution is -2.17. The highest BCUT2D eigenvalue weighted by Gasteiger charge is 2.07. The highest BCUT2D eigenvalue weighted by atomic mass is 16.2. The predicted molar refractivity (Wildman–Crippen MR) is 71.1 cm³/mol. The predicted octanol–water partition coefficient (Wildman–Crippen LogP) is 2.38. The molecular weight excluding hydrogens is 242 g/mol. The lowest BCUT2D eigenvalue weighted by atomic mass is 10.0. The lowest BCUT2D eigenvalue weighted by molar-refractivity contribution is -0.191. The van der Waals surface area contributed by atoms with Crippen molar-refractivity contribution in [2.24, 2.45) is 0 Å². The SMILES string of the molecule is CC(C)c1ccccc1-n1ccccc1=O.O=C=O.